The molecule has 0 atom stereocenters. The molecule has 0 aliphatic carbocycles. The first-order valence-electron chi connectivity index (χ1n) is 9.68. The Labute approximate surface area is 186 Å². The van der Waals surface area contributed by atoms with Gasteiger partial charge in [0.15, 0.2) is 5.82 Å². The summed E-state index contributed by atoms with van der Waals surface area (Å²) < 4.78 is 33.2. The highest BCUT2D eigenvalue weighted by Gasteiger charge is 2.28. The lowest BCUT2D eigenvalue weighted by atomic mass is 10.1. The Morgan fingerprint density at radius 3 is 2.31 bits per heavy atom. The zero-order valence-electron chi connectivity index (χ0n) is 18.2. The average Bonchev–Trinajstić information content (AvgIpc) is 3.18. The van der Waals surface area contributed by atoms with Crippen LogP contribution in [-0.4, -0.2) is 44.2 Å². The van der Waals surface area contributed by atoms with E-state index in [-0.39, 0.29) is 22.8 Å². The standard InChI is InChI=1S/C22H24N4O5S/c1-15-5-11-18(12-6-15)32(29,30)26(3)21-19(14-24-25(21)2)20(27)23-13-16-7-9-17(10-8-16)22(28)31-4/h5-12,14H,13H2,1-4H3,(H,23,27). The van der Waals surface area contributed by atoms with Crippen LogP contribution in [0.15, 0.2) is 59.6 Å². The summed E-state index contributed by atoms with van der Waals surface area (Å²) in [6.45, 7) is 2.05. The van der Waals surface area contributed by atoms with Crippen LogP contribution in [0.2, 0.25) is 0 Å². The van der Waals surface area contributed by atoms with Crippen LogP contribution in [0, 0.1) is 6.92 Å². The lowest BCUT2D eigenvalue weighted by molar-refractivity contribution is 0.0600. The Bertz CT molecular complexity index is 1230. The van der Waals surface area contributed by atoms with Crippen LogP contribution in [0.3, 0.4) is 0 Å². The number of nitrogens with zero attached hydrogens (tertiary/aromatic N) is 3. The van der Waals surface area contributed by atoms with Crippen molar-refractivity contribution in [2.75, 3.05) is 18.5 Å². The maximum absolute atomic E-state index is 13.1. The molecule has 1 amide bonds. The van der Waals surface area contributed by atoms with Crippen molar-refractivity contribution in [2.24, 2.45) is 7.05 Å². The van der Waals surface area contributed by atoms with Crippen molar-refractivity contribution in [3.05, 3.63) is 77.0 Å². The lowest BCUT2D eigenvalue weighted by Crippen LogP contribution is -2.31. The van der Waals surface area contributed by atoms with Crippen LogP contribution < -0.4 is 9.62 Å². The molecular weight excluding hydrogens is 432 g/mol. The molecule has 0 aliphatic heterocycles. The van der Waals surface area contributed by atoms with E-state index < -0.39 is 21.9 Å². The molecule has 0 bridgehead atoms. The number of nitrogens with one attached hydrogen (secondary N) is 1. The second kappa shape index (κ2) is 9.23. The van der Waals surface area contributed by atoms with Crippen molar-refractivity contribution < 1.29 is 22.7 Å². The highest BCUT2D eigenvalue weighted by Crippen LogP contribution is 2.25. The van der Waals surface area contributed by atoms with Crippen molar-refractivity contribution >= 4 is 27.7 Å². The lowest BCUT2D eigenvalue weighted by Gasteiger charge is -2.21. The number of carbonyl (C=O) groups excluding carboxylic acids is 2. The Hall–Kier alpha value is -3.66. The van der Waals surface area contributed by atoms with Gasteiger partial charge in [-0.25, -0.2) is 13.2 Å². The number of ether oxygens (including phenoxy) is 1. The maximum atomic E-state index is 13.1. The minimum absolute atomic E-state index is 0.115. The molecule has 0 radical (unpaired) electrons. The summed E-state index contributed by atoms with van der Waals surface area (Å²) in [4.78, 5) is 24.5. The van der Waals surface area contributed by atoms with Gasteiger partial charge in [0, 0.05) is 20.6 Å². The van der Waals surface area contributed by atoms with E-state index >= 15 is 0 Å². The number of aryl methyl sites for hydroxylation is 2. The first-order valence-corrected chi connectivity index (χ1v) is 11.1. The first kappa shape index (κ1) is 23.0. The first-order chi connectivity index (χ1) is 15.1. The van der Waals surface area contributed by atoms with Gasteiger partial charge >= 0.3 is 5.97 Å². The van der Waals surface area contributed by atoms with Gasteiger partial charge in [-0.05, 0) is 36.8 Å². The minimum atomic E-state index is -3.89. The fraction of sp³-hybridized carbons (Fsp3) is 0.227. The van der Waals surface area contributed by atoms with Gasteiger partial charge in [0.05, 0.1) is 23.8 Å². The van der Waals surface area contributed by atoms with E-state index in [1.165, 1.54) is 37.2 Å². The molecule has 2 aromatic carbocycles. The zero-order chi connectivity index (χ0) is 23.5. The van der Waals surface area contributed by atoms with E-state index in [1.807, 2.05) is 6.92 Å². The van der Waals surface area contributed by atoms with Gasteiger partial charge in [-0.15, -0.1) is 0 Å². The summed E-state index contributed by atoms with van der Waals surface area (Å²) in [5.41, 5.74) is 2.22. The summed E-state index contributed by atoms with van der Waals surface area (Å²) in [5, 5.41) is 6.83. The SMILES string of the molecule is COC(=O)c1ccc(CNC(=O)c2cnn(C)c2N(C)S(=O)(=O)c2ccc(C)cc2)cc1. The number of amides is 1. The van der Waals surface area contributed by atoms with E-state index in [4.69, 9.17) is 0 Å². The molecule has 0 saturated heterocycles. The quantitative estimate of drug-likeness (QED) is 0.546. The fourth-order valence-electron chi connectivity index (χ4n) is 3.10. The highest BCUT2D eigenvalue weighted by atomic mass is 32.2. The number of anilines is 1. The molecule has 9 nitrogen and oxygen atoms in total. The Morgan fingerprint density at radius 2 is 1.72 bits per heavy atom. The molecule has 1 N–H and O–H groups in total. The van der Waals surface area contributed by atoms with Gasteiger partial charge in [-0.2, -0.15) is 5.10 Å². The summed E-state index contributed by atoms with van der Waals surface area (Å²) in [7, 11) is 0.364. The van der Waals surface area contributed by atoms with E-state index in [0.29, 0.717) is 5.56 Å². The molecule has 3 aromatic rings. The number of aromatic nitrogens is 2. The number of hydrogen-bond donors (Lipinski definition) is 1. The number of rotatable bonds is 7. The van der Waals surface area contributed by atoms with Crippen LogP contribution in [0.4, 0.5) is 5.82 Å². The van der Waals surface area contributed by atoms with Crippen LogP contribution >= 0.6 is 0 Å². The van der Waals surface area contributed by atoms with Gasteiger partial charge in [0.2, 0.25) is 0 Å². The van der Waals surface area contributed by atoms with Crippen LogP contribution in [0.25, 0.3) is 0 Å². The second-order valence-electron chi connectivity index (χ2n) is 7.16. The Balaban J connectivity index is 1.79. The van der Waals surface area contributed by atoms with E-state index in [2.05, 4.69) is 15.2 Å². The molecule has 0 fully saturated rings. The normalized spacial score (nSPS) is 11.1. The number of hydrogen-bond acceptors (Lipinski definition) is 6. The largest absolute Gasteiger partial charge is 0.465 e. The number of sulfonamides is 1. The van der Waals surface area contributed by atoms with Gasteiger partial charge in [0.25, 0.3) is 15.9 Å². The second-order valence-corrected chi connectivity index (χ2v) is 9.13. The van der Waals surface area contributed by atoms with Gasteiger partial charge in [-0.3, -0.25) is 13.8 Å². The Kier molecular flexibility index (Phi) is 6.64. The molecule has 32 heavy (non-hydrogen) atoms. The predicted molar refractivity (Wildman–Crippen MR) is 119 cm³/mol. The summed E-state index contributed by atoms with van der Waals surface area (Å²) in [5.74, 6) is -0.779. The molecule has 0 spiro atoms. The fourth-order valence-corrected chi connectivity index (χ4v) is 4.34. The molecule has 3 rings (SSSR count). The molecule has 1 aromatic heterocycles. The number of benzene rings is 2. The highest BCUT2D eigenvalue weighted by molar-refractivity contribution is 7.92. The van der Waals surface area contributed by atoms with Crippen molar-refractivity contribution in [3.8, 4) is 0 Å². The molecule has 0 aliphatic rings. The van der Waals surface area contributed by atoms with Gasteiger partial charge in [-0.1, -0.05) is 29.8 Å². The molecular formula is C22H24N4O5S. The van der Waals surface area contributed by atoms with Crippen molar-refractivity contribution in [1.82, 2.24) is 15.1 Å². The van der Waals surface area contributed by atoms with Gasteiger partial charge in [0.1, 0.15) is 5.56 Å². The van der Waals surface area contributed by atoms with Gasteiger partial charge < -0.3 is 10.1 Å². The monoisotopic (exact) mass is 456 g/mol. The smallest absolute Gasteiger partial charge is 0.337 e. The average molecular weight is 457 g/mol. The van der Waals surface area contributed by atoms with E-state index in [9.17, 15) is 18.0 Å². The summed E-state index contributed by atoms with van der Waals surface area (Å²) in [6.07, 6.45) is 1.33. The van der Waals surface area contributed by atoms with Crippen LogP contribution in [0.5, 0.6) is 0 Å². The molecule has 1 heterocycles. The van der Waals surface area contributed by atoms with Crippen LogP contribution in [-0.2, 0) is 28.4 Å². The molecule has 10 heteroatoms. The topological polar surface area (TPSA) is 111 Å². The zero-order valence-corrected chi connectivity index (χ0v) is 19.0. The Morgan fingerprint density at radius 1 is 1.09 bits per heavy atom. The van der Waals surface area contributed by atoms with Crippen LogP contribution in [0.1, 0.15) is 31.8 Å². The third-order valence-corrected chi connectivity index (χ3v) is 6.72. The third kappa shape index (κ3) is 4.65. The summed E-state index contributed by atoms with van der Waals surface area (Å²) >= 11 is 0. The number of esters is 1. The van der Waals surface area contributed by atoms with Crippen molar-refractivity contribution in [1.29, 1.82) is 0 Å². The predicted octanol–water partition coefficient (Wildman–Crippen LogP) is 2.27. The van der Waals surface area contributed by atoms with Crippen molar-refractivity contribution in [3.63, 3.8) is 0 Å². The molecule has 168 valence electrons. The van der Waals surface area contributed by atoms with E-state index in [1.54, 1.807) is 43.4 Å². The van der Waals surface area contributed by atoms with E-state index in [0.717, 1.165) is 15.4 Å². The minimum Gasteiger partial charge on any atom is -0.465 e. The third-order valence-electron chi connectivity index (χ3n) is 4.96. The molecule has 0 saturated carbocycles. The number of carbonyl (C=O) groups is 2. The molecule has 0 unspecified atom stereocenters. The van der Waals surface area contributed by atoms with Crippen molar-refractivity contribution in [2.45, 2.75) is 18.4 Å². The number of methoxy groups -OCH3 is 1. The summed E-state index contributed by atoms with van der Waals surface area (Å²) in [6, 6.07) is 13.1. The maximum Gasteiger partial charge on any atom is 0.337 e.